The van der Waals surface area contributed by atoms with Gasteiger partial charge in [-0.05, 0) is 24.7 Å². The highest BCUT2D eigenvalue weighted by Gasteiger charge is 2.23. The van der Waals surface area contributed by atoms with Crippen molar-refractivity contribution in [3.63, 3.8) is 0 Å². The number of hydrogen-bond acceptors (Lipinski definition) is 4. The molecule has 0 bridgehead atoms. The SMILES string of the molecule is CC(C)C1CCCC(NCCc2ncno2)C1. The molecule has 0 aromatic carbocycles. The predicted molar refractivity (Wildman–Crippen MR) is 66.6 cm³/mol. The van der Waals surface area contributed by atoms with Gasteiger partial charge in [-0.2, -0.15) is 4.98 Å². The highest BCUT2D eigenvalue weighted by molar-refractivity contribution is 4.81. The van der Waals surface area contributed by atoms with Crippen molar-refractivity contribution in [3.05, 3.63) is 12.2 Å². The van der Waals surface area contributed by atoms with E-state index in [1.165, 1.54) is 32.0 Å². The molecule has 2 unspecified atom stereocenters. The normalized spacial score (nSPS) is 25.4. The molecule has 0 radical (unpaired) electrons. The summed E-state index contributed by atoms with van der Waals surface area (Å²) in [5.41, 5.74) is 0. The smallest absolute Gasteiger partial charge is 0.227 e. The third kappa shape index (κ3) is 3.80. The number of aromatic nitrogens is 2. The number of hydrogen-bond donors (Lipinski definition) is 1. The lowest BCUT2D eigenvalue weighted by molar-refractivity contribution is 0.231. The number of nitrogens with one attached hydrogen (secondary N) is 1. The van der Waals surface area contributed by atoms with Gasteiger partial charge in [0.05, 0.1) is 0 Å². The summed E-state index contributed by atoms with van der Waals surface area (Å²) in [5, 5.41) is 7.23. The molecule has 17 heavy (non-hydrogen) atoms. The molecule has 0 aliphatic heterocycles. The van der Waals surface area contributed by atoms with Crippen molar-refractivity contribution in [2.45, 2.75) is 52.0 Å². The van der Waals surface area contributed by atoms with Crippen LogP contribution in [0.5, 0.6) is 0 Å². The average molecular weight is 237 g/mol. The first-order valence-electron chi connectivity index (χ1n) is 6.74. The monoisotopic (exact) mass is 237 g/mol. The zero-order chi connectivity index (χ0) is 12.1. The minimum atomic E-state index is 0.680. The van der Waals surface area contributed by atoms with Gasteiger partial charge in [-0.15, -0.1) is 0 Å². The van der Waals surface area contributed by atoms with Crippen LogP contribution in [0.2, 0.25) is 0 Å². The molecule has 96 valence electrons. The van der Waals surface area contributed by atoms with Crippen LogP contribution in [0.1, 0.15) is 45.4 Å². The topological polar surface area (TPSA) is 51.0 Å². The average Bonchev–Trinajstić information content (AvgIpc) is 2.82. The van der Waals surface area contributed by atoms with Crippen LogP contribution in [0.3, 0.4) is 0 Å². The largest absolute Gasteiger partial charge is 0.340 e. The van der Waals surface area contributed by atoms with Crippen LogP contribution in [0, 0.1) is 11.8 Å². The fraction of sp³-hybridized carbons (Fsp3) is 0.846. The molecule has 1 saturated carbocycles. The van der Waals surface area contributed by atoms with Crippen LogP contribution in [0.25, 0.3) is 0 Å². The number of rotatable bonds is 5. The van der Waals surface area contributed by atoms with Crippen LogP contribution in [-0.4, -0.2) is 22.7 Å². The van der Waals surface area contributed by atoms with Crippen LogP contribution in [0.4, 0.5) is 0 Å². The first-order chi connectivity index (χ1) is 8.25. The molecule has 2 rings (SSSR count). The van der Waals surface area contributed by atoms with Gasteiger partial charge in [-0.25, -0.2) is 0 Å². The van der Waals surface area contributed by atoms with Crippen molar-refractivity contribution < 1.29 is 4.52 Å². The molecule has 4 nitrogen and oxygen atoms in total. The summed E-state index contributed by atoms with van der Waals surface area (Å²) >= 11 is 0. The summed E-state index contributed by atoms with van der Waals surface area (Å²) in [6, 6.07) is 0.680. The molecule has 1 fully saturated rings. The van der Waals surface area contributed by atoms with E-state index in [-0.39, 0.29) is 0 Å². The maximum atomic E-state index is 4.98. The molecule has 0 spiro atoms. The minimum Gasteiger partial charge on any atom is -0.340 e. The first kappa shape index (κ1) is 12.6. The van der Waals surface area contributed by atoms with Gasteiger partial charge in [-0.1, -0.05) is 31.8 Å². The Balaban J connectivity index is 1.68. The van der Waals surface area contributed by atoms with Gasteiger partial charge in [0, 0.05) is 19.0 Å². The maximum absolute atomic E-state index is 4.98. The van der Waals surface area contributed by atoms with Gasteiger partial charge in [0.25, 0.3) is 0 Å². The second-order valence-electron chi connectivity index (χ2n) is 5.41. The Bertz CT molecular complexity index is 310. The lowest BCUT2D eigenvalue weighted by atomic mass is 9.79. The third-order valence-electron chi connectivity index (χ3n) is 3.84. The Kier molecular flexibility index (Phi) is 4.54. The van der Waals surface area contributed by atoms with E-state index in [1.807, 2.05) is 0 Å². The van der Waals surface area contributed by atoms with E-state index < -0.39 is 0 Å². The Hall–Kier alpha value is -0.900. The van der Waals surface area contributed by atoms with Crippen LogP contribution < -0.4 is 5.32 Å². The Labute approximate surface area is 103 Å². The second kappa shape index (κ2) is 6.15. The van der Waals surface area contributed by atoms with Crippen molar-refractivity contribution in [3.8, 4) is 0 Å². The van der Waals surface area contributed by atoms with E-state index >= 15 is 0 Å². The standard InChI is InChI=1S/C13H23N3O/c1-10(2)11-4-3-5-12(8-11)14-7-6-13-15-9-16-17-13/h9-12,14H,3-8H2,1-2H3. The molecule has 2 atom stereocenters. The zero-order valence-corrected chi connectivity index (χ0v) is 10.9. The Morgan fingerprint density at radius 2 is 2.35 bits per heavy atom. The van der Waals surface area contributed by atoms with E-state index in [9.17, 15) is 0 Å². The van der Waals surface area contributed by atoms with Gasteiger partial charge in [0.1, 0.15) is 0 Å². The molecule has 1 aromatic rings. The molecule has 4 heteroatoms. The van der Waals surface area contributed by atoms with E-state index in [0.29, 0.717) is 6.04 Å². The Morgan fingerprint density at radius 3 is 3.06 bits per heavy atom. The highest BCUT2D eigenvalue weighted by Crippen LogP contribution is 2.29. The molecule has 0 saturated heterocycles. The summed E-state index contributed by atoms with van der Waals surface area (Å²) in [6.45, 7) is 5.62. The van der Waals surface area contributed by atoms with E-state index in [4.69, 9.17) is 4.52 Å². The molecule has 1 heterocycles. The van der Waals surface area contributed by atoms with Gasteiger partial charge in [0.15, 0.2) is 6.33 Å². The van der Waals surface area contributed by atoms with Crippen LogP contribution in [-0.2, 0) is 6.42 Å². The summed E-state index contributed by atoms with van der Waals surface area (Å²) in [6.07, 6.45) is 7.70. The van der Waals surface area contributed by atoms with Crippen LogP contribution in [0.15, 0.2) is 10.9 Å². The fourth-order valence-corrected chi connectivity index (χ4v) is 2.71. The van der Waals surface area contributed by atoms with E-state index in [2.05, 4.69) is 29.3 Å². The minimum absolute atomic E-state index is 0.680. The molecular formula is C13H23N3O. The summed E-state index contributed by atoms with van der Waals surface area (Å²) in [4.78, 5) is 4.02. The molecule has 1 aliphatic carbocycles. The fourth-order valence-electron chi connectivity index (χ4n) is 2.71. The van der Waals surface area contributed by atoms with Gasteiger partial charge in [0.2, 0.25) is 5.89 Å². The van der Waals surface area contributed by atoms with Gasteiger partial charge >= 0.3 is 0 Å². The van der Waals surface area contributed by atoms with Gasteiger partial charge in [-0.3, -0.25) is 0 Å². The maximum Gasteiger partial charge on any atom is 0.227 e. The van der Waals surface area contributed by atoms with Crippen LogP contribution >= 0.6 is 0 Å². The summed E-state index contributed by atoms with van der Waals surface area (Å²) < 4.78 is 4.98. The molecule has 1 aliphatic rings. The zero-order valence-electron chi connectivity index (χ0n) is 10.9. The molecule has 1 aromatic heterocycles. The van der Waals surface area contributed by atoms with Crippen molar-refractivity contribution in [1.29, 1.82) is 0 Å². The van der Waals surface area contributed by atoms with Crippen molar-refractivity contribution in [2.24, 2.45) is 11.8 Å². The first-order valence-corrected chi connectivity index (χ1v) is 6.74. The van der Waals surface area contributed by atoms with Crippen molar-refractivity contribution in [1.82, 2.24) is 15.5 Å². The van der Waals surface area contributed by atoms with Crippen molar-refractivity contribution in [2.75, 3.05) is 6.54 Å². The lowest BCUT2D eigenvalue weighted by Crippen LogP contribution is -2.36. The predicted octanol–water partition coefficient (Wildman–Crippen LogP) is 2.42. The molecular weight excluding hydrogens is 214 g/mol. The molecule has 1 N–H and O–H groups in total. The third-order valence-corrected chi connectivity index (χ3v) is 3.84. The highest BCUT2D eigenvalue weighted by atomic mass is 16.5. The summed E-state index contributed by atoms with van der Waals surface area (Å²) in [5.74, 6) is 2.44. The van der Waals surface area contributed by atoms with E-state index in [0.717, 1.165) is 30.7 Å². The van der Waals surface area contributed by atoms with Gasteiger partial charge < -0.3 is 9.84 Å². The molecule has 0 amide bonds. The number of nitrogens with zero attached hydrogens (tertiary/aromatic N) is 2. The lowest BCUT2D eigenvalue weighted by Gasteiger charge is -2.32. The van der Waals surface area contributed by atoms with E-state index in [1.54, 1.807) is 0 Å². The Morgan fingerprint density at radius 1 is 1.47 bits per heavy atom. The van der Waals surface area contributed by atoms with Crippen molar-refractivity contribution >= 4 is 0 Å². The summed E-state index contributed by atoms with van der Waals surface area (Å²) in [7, 11) is 0. The quantitative estimate of drug-likeness (QED) is 0.854. The second-order valence-corrected chi connectivity index (χ2v) is 5.41.